The highest BCUT2D eigenvalue weighted by molar-refractivity contribution is 5.46. The molecule has 0 amide bonds. The molecule has 23 heavy (non-hydrogen) atoms. The van der Waals surface area contributed by atoms with Gasteiger partial charge in [-0.3, -0.25) is 0 Å². The zero-order chi connectivity index (χ0) is 16.7. The SMILES string of the molecule is CCCCc1c(C)cccc1Oc1cccc(C)c1CCCC. The first-order chi connectivity index (χ1) is 11.2. The molecule has 0 fully saturated rings. The zero-order valence-corrected chi connectivity index (χ0v) is 15.1. The fourth-order valence-corrected chi connectivity index (χ4v) is 3.01. The van der Waals surface area contributed by atoms with Gasteiger partial charge in [-0.2, -0.15) is 0 Å². The zero-order valence-electron chi connectivity index (χ0n) is 15.1. The fraction of sp³-hybridized carbons (Fsp3) is 0.455. The summed E-state index contributed by atoms with van der Waals surface area (Å²) < 4.78 is 6.40. The monoisotopic (exact) mass is 310 g/mol. The van der Waals surface area contributed by atoms with Crippen LogP contribution in [0.2, 0.25) is 0 Å². The van der Waals surface area contributed by atoms with Crippen LogP contribution in [-0.4, -0.2) is 0 Å². The van der Waals surface area contributed by atoms with Crippen LogP contribution >= 0.6 is 0 Å². The Kier molecular flexibility index (Phi) is 6.70. The summed E-state index contributed by atoms with van der Waals surface area (Å²) in [4.78, 5) is 0. The Hall–Kier alpha value is -1.76. The molecule has 0 unspecified atom stereocenters. The van der Waals surface area contributed by atoms with Gasteiger partial charge < -0.3 is 4.74 Å². The van der Waals surface area contributed by atoms with E-state index in [-0.39, 0.29) is 0 Å². The van der Waals surface area contributed by atoms with Crippen LogP contribution in [0.4, 0.5) is 0 Å². The van der Waals surface area contributed by atoms with Gasteiger partial charge in [-0.1, -0.05) is 51.0 Å². The number of hydrogen-bond donors (Lipinski definition) is 0. The van der Waals surface area contributed by atoms with Crippen molar-refractivity contribution in [3.05, 3.63) is 58.7 Å². The number of unbranched alkanes of at least 4 members (excludes halogenated alkanes) is 2. The first kappa shape index (κ1) is 17.6. The van der Waals surface area contributed by atoms with E-state index in [0.717, 1.165) is 24.3 Å². The van der Waals surface area contributed by atoms with Gasteiger partial charge in [-0.05, 0) is 73.9 Å². The number of aryl methyl sites for hydroxylation is 2. The smallest absolute Gasteiger partial charge is 0.130 e. The molecule has 0 heterocycles. The summed E-state index contributed by atoms with van der Waals surface area (Å²) in [6.45, 7) is 8.85. The molecule has 0 aromatic heterocycles. The second-order valence-electron chi connectivity index (χ2n) is 6.41. The van der Waals surface area contributed by atoms with Crippen LogP contribution in [0.5, 0.6) is 11.5 Å². The van der Waals surface area contributed by atoms with Crippen LogP contribution in [0.1, 0.15) is 61.8 Å². The van der Waals surface area contributed by atoms with Crippen molar-refractivity contribution in [1.82, 2.24) is 0 Å². The maximum absolute atomic E-state index is 6.40. The molecule has 2 aromatic carbocycles. The van der Waals surface area contributed by atoms with Crippen molar-refractivity contribution in [3.8, 4) is 11.5 Å². The summed E-state index contributed by atoms with van der Waals surface area (Å²) in [5, 5.41) is 0. The standard InChI is InChI=1S/C22H30O/c1-5-7-13-19-17(3)11-9-15-21(19)23-22-16-10-12-18(4)20(22)14-8-6-2/h9-12,15-16H,5-8,13-14H2,1-4H3. The van der Waals surface area contributed by atoms with Crippen LogP contribution in [0.25, 0.3) is 0 Å². The third-order valence-corrected chi connectivity index (χ3v) is 4.52. The lowest BCUT2D eigenvalue weighted by Gasteiger charge is -2.17. The molecule has 0 aliphatic heterocycles. The van der Waals surface area contributed by atoms with E-state index < -0.39 is 0 Å². The Balaban J connectivity index is 2.32. The molecule has 124 valence electrons. The Morgan fingerprint density at radius 1 is 0.696 bits per heavy atom. The summed E-state index contributed by atoms with van der Waals surface area (Å²) in [5.74, 6) is 2.06. The quantitative estimate of drug-likeness (QED) is 0.522. The van der Waals surface area contributed by atoms with Gasteiger partial charge in [-0.15, -0.1) is 0 Å². The minimum Gasteiger partial charge on any atom is -0.457 e. The van der Waals surface area contributed by atoms with E-state index in [1.165, 1.54) is 47.9 Å². The van der Waals surface area contributed by atoms with Gasteiger partial charge in [0.1, 0.15) is 11.5 Å². The van der Waals surface area contributed by atoms with Crippen molar-refractivity contribution >= 4 is 0 Å². The van der Waals surface area contributed by atoms with Gasteiger partial charge in [0.15, 0.2) is 0 Å². The summed E-state index contributed by atoms with van der Waals surface area (Å²) >= 11 is 0. The van der Waals surface area contributed by atoms with E-state index in [1.807, 2.05) is 0 Å². The van der Waals surface area contributed by atoms with E-state index in [2.05, 4.69) is 64.1 Å². The molecule has 2 rings (SSSR count). The van der Waals surface area contributed by atoms with E-state index >= 15 is 0 Å². The minimum absolute atomic E-state index is 1.03. The number of benzene rings is 2. The topological polar surface area (TPSA) is 9.23 Å². The van der Waals surface area contributed by atoms with Gasteiger partial charge in [0.2, 0.25) is 0 Å². The van der Waals surface area contributed by atoms with E-state index in [4.69, 9.17) is 4.74 Å². The van der Waals surface area contributed by atoms with Gasteiger partial charge in [0.25, 0.3) is 0 Å². The molecule has 0 aliphatic carbocycles. The van der Waals surface area contributed by atoms with E-state index in [0.29, 0.717) is 0 Å². The molecule has 0 radical (unpaired) electrons. The normalized spacial score (nSPS) is 10.8. The molecule has 0 spiro atoms. The maximum atomic E-state index is 6.40. The Labute approximate surface area is 141 Å². The lowest BCUT2D eigenvalue weighted by atomic mass is 10.0. The average Bonchev–Trinajstić information content (AvgIpc) is 2.54. The number of hydrogen-bond acceptors (Lipinski definition) is 1. The van der Waals surface area contributed by atoms with Crippen molar-refractivity contribution in [1.29, 1.82) is 0 Å². The van der Waals surface area contributed by atoms with Crippen molar-refractivity contribution in [2.45, 2.75) is 66.2 Å². The highest BCUT2D eigenvalue weighted by Crippen LogP contribution is 2.32. The van der Waals surface area contributed by atoms with E-state index in [9.17, 15) is 0 Å². The van der Waals surface area contributed by atoms with Crippen molar-refractivity contribution in [3.63, 3.8) is 0 Å². The molecule has 0 aliphatic rings. The van der Waals surface area contributed by atoms with Crippen LogP contribution in [0.15, 0.2) is 36.4 Å². The van der Waals surface area contributed by atoms with E-state index in [1.54, 1.807) is 0 Å². The molecule has 0 bridgehead atoms. The third kappa shape index (κ3) is 4.60. The molecule has 2 aromatic rings. The van der Waals surface area contributed by atoms with Crippen molar-refractivity contribution < 1.29 is 4.74 Å². The minimum atomic E-state index is 1.03. The molecular formula is C22H30O. The first-order valence-corrected chi connectivity index (χ1v) is 9.02. The molecular weight excluding hydrogens is 280 g/mol. The molecule has 1 nitrogen and oxygen atoms in total. The highest BCUT2D eigenvalue weighted by Gasteiger charge is 2.11. The van der Waals surface area contributed by atoms with Crippen LogP contribution in [0, 0.1) is 13.8 Å². The van der Waals surface area contributed by atoms with Gasteiger partial charge in [-0.25, -0.2) is 0 Å². The Morgan fingerprint density at radius 2 is 1.13 bits per heavy atom. The lowest BCUT2D eigenvalue weighted by Crippen LogP contribution is -1.99. The van der Waals surface area contributed by atoms with Gasteiger partial charge >= 0.3 is 0 Å². The predicted octanol–water partition coefficient (Wildman–Crippen LogP) is 6.78. The predicted molar refractivity (Wildman–Crippen MR) is 99.7 cm³/mol. The molecule has 0 saturated carbocycles. The molecule has 1 heteroatoms. The molecule has 0 atom stereocenters. The molecule has 0 N–H and O–H groups in total. The van der Waals surface area contributed by atoms with Crippen molar-refractivity contribution in [2.24, 2.45) is 0 Å². The van der Waals surface area contributed by atoms with Crippen LogP contribution in [-0.2, 0) is 12.8 Å². The largest absolute Gasteiger partial charge is 0.457 e. The summed E-state index contributed by atoms with van der Waals surface area (Å²) in [7, 11) is 0. The Morgan fingerprint density at radius 3 is 1.52 bits per heavy atom. The first-order valence-electron chi connectivity index (χ1n) is 9.02. The average molecular weight is 310 g/mol. The van der Waals surface area contributed by atoms with Crippen molar-refractivity contribution in [2.75, 3.05) is 0 Å². The van der Waals surface area contributed by atoms with Gasteiger partial charge in [0.05, 0.1) is 0 Å². The highest BCUT2D eigenvalue weighted by atomic mass is 16.5. The lowest BCUT2D eigenvalue weighted by molar-refractivity contribution is 0.466. The number of ether oxygens (including phenoxy) is 1. The second kappa shape index (κ2) is 8.76. The second-order valence-corrected chi connectivity index (χ2v) is 6.41. The van der Waals surface area contributed by atoms with Gasteiger partial charge in [0, 0.05) is 0 Å². The number of rotatable bonds is 8. The fourth-order valence-electron chi connectivity index (χ4n) is 3.01. The van der Waals surface area contributed by atoms with Crippen LogP contribution < -0.4 is 4.74 Å². The van der Waals surface area contributed by atoms with Crippen LogP contribution in [0.3, 0.4) is 0 Å². The maximum Gasteiger partial charge on any atom is 0.130 e. The summed E-state index contributed by atoms with van der Waals surface area (Å²) in [6.07, 6.45) is 7.01. The summed E-state index contributed by atoms with van der Waals surface area (Å²) in [6, 6.07) is 12.8. The third-order valence-electron chi connectivity index (χ3n) is 4.52. The Bertz CT molecular complexity index is 572. The summed E-state index contributed by atoms with van der Waals surface area (Å²) in [5.41, 5.74) is 5.38. The molecule has 0 saturated heterocycles.